The molecular formula is C8H14Br2N4. The normalized spacial score (nSPS) is 9.71. The molecule has 0 aliphatic rings. The lowest BCUT2D eigenvalue weighted by Gasteiger charge is -1.99. The minimum Gasteiger partial charge on any atom is -0.387 e. The molecule has 0 spiro atoms. The molecule has 0 atom stereocenters. The number of hydrogen-bond donors (Lipinski definition) is 3. The minimum atomic E-state index is 0. The van der Waals surface area contributed by atoms with Crippen LogP contribution in [0.25, 0.3) is 0 Å². The number of nitrogens with zero attached hydrogens (tertiary/aromatic N) is 1. The Balaban J connectivity index is 0. The van der Waals surface area contributed by atoms with Gasteiger partial charge in [-0.1, -0.05) is 0 Å². The van der Waals surface area contributed by atoms with Crippen LogP contribution in [0.4, 0.5) is 11.4 Å². The van der Waals surface area contributed by atoms with Crippen molar-refractivity contribution < 1.29 is 0 Å². The largest absolute Gasteiger partial charge is 0.387 e. The third-order valence-electron chi connectivity index (χ3n) is 1.34. The third-order valence-corrected chi connectivity index (χ3v) is 1.34. The molecule has 0 saturated heterocycles. The van der Waals surface area contributed by atoms with Crippen LogP contribution in [0.2, 0.25) is 0 Å². The predicted octanol–water partition coefficient (Wildman–Crippen LogP) is 2.14. The van der Waals surface area contributed by atoms with Gasteiger partial charge in [-0.2, -0.15) is 0 Å². The second-order valence-electron chi connectivity index (χ2n) is 2.44. The molecule has 0 aliphatic carbocycles. The maximum absolute atomic E-state index is 5.40. The molecule has 1 aromatic carbocycles. The molecule has 4 nitrogen and oxygen atoms in total. The molecule has 6 heteroatoms. The van der Waals surface area contributed by atoms with Crippen molar-refractivity contribution in [2.24, 2.45) is 16.6 Å². The van der Waals surface area contributed by atoms with Gasteiger partial charge in [-0.15, -0.1) is 34.0 Å². The number of hydrazine groups is 1. The molecule has 1 rings (SSSR count). The van der Waals surface area contributed by atoms with Crippen molar-refractivity contribution in [2.75, 3.05) is 5.43 Å². The SMILES string of the molecule is Br.Br.CC(N)=Nc1ccc(NN)cc1. The molecule has 0 heterocycles. The summed E-state index contributed by atoms with van der Waals surface area (Å²) in [5, 5.41) is 0. The van der Waals surface area contributed by atoms with Crippen LogP contribution >= 0.6 is 34.0 Å². The van der Waals surface area contributed by atoms with Crippen molar-refractivity contribution in [1.82, 2.24) is 0 Å². The molecule has 0 unspecified atom stereocenters. The highest BCUT2D eigenvalue weighted by atomic mass is 79.9. The fourth-order valence-corrected chi connectivity index (χ4v) is 0.836. The van der Waals surface area contributed by atoms with Gasteiger partial charge in [-0.05, 0) is 31.2 Å². The number of nitrogens with two attached hydrogens (primary N) is 2. The van der Waals surface area contributed by atoms with Gasteiger partial charge in [0.2, 0.25) is 0 Å². The summed E-state index contributed by atoms with van der Waals surface area (Å²) in [5.74, 6) is 5.74. The first-order valence-electron chi connectivity index (χ1n) is 3.60. The van der Waals surface area contributed by atoms with Gasteiger partial charge in [0, 0.05) is 5.69 Å². The van der Waals surface area contributed by atoms with E-state index in [0.29, 0.717) is 5.84 Å². The maximum atomic E-state index is 5.40. The molecule has 0 amide bonds. The van der Waals surface area contributed by atoms with Crippen LogP contribution < -0.4 is 17.0 Å². The van der Waals surface area contributed by atoms with E-state index in [4.69, 9.17) is 11.6 Å². The van der Waals surface area contributed by atoms with Gasteiger partial charge in [0.1, 0.15) is 0 Å². The van der Waals surface area contributed by atoms with Crippen LogP contribution in [0.1, 0.15) is 6.92 Å². The van der Waals surface area contributed by atoms with Gasteiger partial charge in [-0.25, -0.2) is 4.99 Å². The number of nitrogen functional groups attached to an aromatic ring is 1. The van der Waals surface area contributed by atoms with Crippen LogP contribution in [0.5, 0.6) is 0 Å². The minimum absolute atomic E-state index is 0. The van der Waals surface area contributed by atoms with Crippen molar-refractivity contribution in [3.63, 3.8) is 0 Å². The van der Waals surface area contributed by atoms with Crippen molar-refractivity contribution in [1.29, 1.82) is 0 Å². The molecule has 14 heavy (non-hydrogen) atoms. The van der Waals surface area contributed by atoms with Crippen LogP contribution in [-0.2, 0) is 0 Å². The molecule has 1 aromatic rings. The predicted molar refractivity (Wildman–Crippen MR) is 71.9 cm³/mol. The van der Waals surface area contributed by atoms with E-state index < -0.39 is 0 Å². The van der Waals surface area contributed by atoms with Gasteiger partial charge in [0.25, 0.3) is 0 Å². The van der Waals surface area contributed by atoms with Crippen molar-refractivity contribution in [2.45, 2.75) is 6.92 Å². The fraction of sp³-hybridized carbons (Fsp3) is 0.125. The molecular weight excluding hydrogens is 312 g/mol. The van der Waals surface area contributed by atoms with Gasteiger partial charge < -0.3 is 11.2 Å². The Labute approximate surface area is 104 Å². The van der Waals surface area contributed by atoms with Gasteiger partial charge in [0.15, 0.2) is 0 Å². The molecule has 0 aliphatic heterocycles. The van der Waals surface area contributed by atoms with E-state index >= 15 is 0 Å². The number of aliphatic imine (C=N–C) groups is 1. The molecule has 0 bridgehead atoms. The van der Waals surface area contributed by atoms with Crippen molar-refractivity contribution in [3.8, 4) is 0 Å². The lowest BCUT2D eigenvalue weighted by Crippen LogP contribution is -2.06. The summed E-state index contributed by atoms with van der Waals surface area (Å²) in [6.45, 7) is 1.75. The second-order valence-corrected chi connectivity index (χ2v) is 2.44. The Morgan fingerprint density at radius 1 is 1.21 bits per heavy atom. The summed E-state index contributed by atoms with van der Waals surface area (Å²) >= 11 is 0. The number of amidine groups is 1. The molecule has 0 saturated carbocycles. The average Bonchev–Trinajstić information content (AvgIpc) is 2.05. The number of hydrogen-bond acceptors (Lipinski definition) is 3. The zero-order valence-corrected chi connectivity index (χ0v) is 11.2. The van der Waals surface area contributed by atoms with E-state index in [9.17, 15) is 0 Å². The van der Waals surface area contributed by atoms with Gasteiger partial charge in [-0.3, -0.25) is 5.84 Å². The summed E-state index contributed by atoms with van der Waals surface area (Å²) in [5.41, 5.74) is 9.61. The summed E-state index contributed by atoms with van der Waals surface area (Å²) in [6.07, 6.45) is 0. The van der Waals surface area contributed by atoms with Crippen molar-refractivity contribution in [3.05, 3.63) is 24.3 Å². The highest BCUT2D eigenvalue weighted by Crippen LogP contribution is 2.14. The van der Waals surface area contributed by atoms with Crippen LogP contribution in [0.3, 0.4) is 0 Å². The van der Waals surface area contributed by atoms with E-state index in [1.54, 1.807) is 6.92 Å². The lowest BCUT2D eigenvalue weighted by atomic mass is 10.3. The quantitative estimate of drug-likeness (QED) is 0.337. The Morgan fingerprint density at radius 2 is 1.71 bits per heavy atom. The van der Waals surface area contributed by atoms with Crippen molar-refractivity contribution >= 4 is 51.2 Å². The fourth-order valence-electron chi connectivity index (χ4n) is 0.836. The summed E-state index contributed by atoms with van der Waals surface area (Å²) in [7, 11) is 0. The average molecular weight is 326 g/mol. The third kappa shape index (κ3) is 5.21. The summed E-state index contributed by atoms with van der Waals surface area (Å²) in [4.78, 5) is 4.06. The van der Waals surface area contributed by atoms with Gasteiger partial charge in [0.05, 0.1) is 11.5 Å². The molecule has 0 aromatic heterocycles. The van der Waals surface area contributed by atoms with E-state index in [0.717, 1.165) is 11.4 Å². The Kier molecular flexibility index (Phi) is 8.82. The molecule has 0 fully saturated rings. The first-order valence-corrected chi connectivity index (χ1v) is 3.60. The zero-order chi connectivity index (χ0) is 8.97. The molecule has 0 radical (unpaired) electrons. The van der Waals surface area contributed by atoms with Gasteiger partial charge >= 0.3 is 0 Å². The lowest BCUT2D eigenvalue weighted by molar-refractivity contribution is 1.35. The Bertz CT molecular complexity index is 280. The molecule has 80 valence electrons. The topological polar surface area (TPSA) is 76.4 Å². The number of rotatable bonds is 2. The van der Waals surface area contributed by atoms with E-state index in [1.807, 2.05) is 24.3 Å². The molecule has 5 N–H and O–H groups in total. The first kappa shape index (κ1) is 15.9. The number of benzene rings is 1. The maximum Gasteiger partial charge on any atom is 0.0964 e. The van der Waals surface area contributed by atoms with Crippen LogP contribution in [0, 0.1) is 0 Å². The Hall–Kier alpha value is -0.590. The first-order chi connectivity index (χ1) is 5.72. The van der Waals surface area contributed by atoms with E-state index in [1.165, 1.54) is 0 Å². The van der Waals surface area contributed by atoms with Crippen LogP contribution in [0.15, 0.2) is 29.3 Å². The number of halogens is 2. The smallest absolute Gasteiger partial charge is 0.0964 e. The monoisotopic (exact) mass is 324 g/mol. The second kappa shape index (κ2) is 7.78. The summed E-state index contributed by atoms with van der Waals surface area (Å²) in [6, 6.07) is 7.35. The van der Waals surface area contributed by atoms with E-state index in [2.05, 4.69) is 10.4 Å². The highest BCUT2D eigenvalue weighted by Gasteiger charge is 1.89. The highest BCUT2D eigenvalue weighted by molar-refractivity contribution is 8.93. The summed E-state index contributed by atoms with van der Waals surface area (Å²) < 4.78 is 0. The Morgan fingerprint density at radius 3 is 2.07 bits per heavy atom. The van der Waals surface area contributed by atoms with E-state index in [-0.39, 0.29) is 34.0 Å². The number of anilines is 1. The van der Waals surface area contributed by atoms with Crippen LogP contribution in [-0.4, -0.2) is 5.84 Å². The zero-order valence-electron chi connectivity index (χ0n) is 7.73. The number of nitrogens with one attached hydrogen (secondary N) is 1. The standard InChI is InChI=1S/C8H12N4.2BrH/c1-6(9)11-7-2-4-8(12-10)5-3-7;;/h2-5,12H,10H2,1H3,(H2,9,11);2*1H.